The van der Waals surface area contributed by atoms with Crippen LogP contribution in [0.2, 0.25) is 18.1 Å². The fourth-order valence-electron chi connectivity index (χ4n) is 3.00. The van der Waals surface area contributed by atoms with Gasteiger partial charge in [-0.25, -0.2) is 0 Å². The first kappa shape index (κ1) is 24.6. The predicted molar refractivity (Wildman–Crippen MR) is 124 cm³/mol. The molecule has 0 spiro atoms. The molecule has 0 amide bonds. The average molecular weight is 443 g/mol. The lowest BCUT2D eigenvalue weighted by molar-refractivity contribution is -0.191. The Balaban J connectivity index is 2.25. The number of hydrogen-bond donors (Lipinski definition) is 0. The van der Waals surface area contributed by atoms with Crippen LogP contribution in [-0.2, 0) is 18.6 Å². The van der Waals surface area contributed by atoms with Crippen LogP contribution in [0.3, 0.4) is 0 Å². The summed E-state index contributed by atoms with van der Waals surface area (Å²) < 4.78 is 25.3. The summed E-state index contributed by atoms with van der Waals surface area (Å²) in [6.45, 7) is 20.1. The molecule has 0 unspecified atom stereocenters. The molecule has 2 rings (SSSR count). The number of nitrogens with zero attached hydrogens (tertiary/aromatic N) is 2. The molecule has 0 aromatic heterocycles. The molecule has 0 saturated carbocycles. The van der Waals surface area contributed by atoms with Crippen LogP contribution in [0.1, 0.15) is 20.8 Å². The van der Waals surface area contributed by atoms with Gasteiger partial charge in [0.2, 0.25) is 0 Å². The van der Waals surface area contributed by atoms with E-state index in [1.165, 1.54) is 0 Å². The van der Waals surface area contributed by atoms with Gasteiger partial charge in [-0.05, 0) is 18.1 Å². The molecular formula is C21H38N2O4SSi. The van der Waals surface area contributed by atoms with Gasteiger partial charge in [-0.15, -0.1) is 13.2 Å². The van der Waals surface area contributed by atoms with E-state index in [-0.39, 0.29) is 34.8 Å². The molecule has 0 N–H and O–H groups in total. The summed E-state index contributed by atoms with van der Waals surface area (Å²) >= 11 is 1.64. The molecule has 166 valence electrons. The van der Waals surface area contributed by atoms with Gasteiger partial charge in [0, 0.05) is 14.1 Å². The van der Waals surface area contributed by atoms with Crippen LogP contribution in [0.25, 0.3) is 0 Å². The number of ether oxygens (including phenoxy) is 3. The summed E-state index contributed by atoms with van der Waals surface area (Å²) in [7, 11) is 2.07. The van der Waals surface area contributed by atoms with Gasteiger partial charge in [0.05, 0.1) is 19.8 Å². The van der Waals surface area contributed by atoms with E-state index in [9.17, 15) is 0 Å². The van der Waals surface area contributed by atoms with E-state index < -0.39 is 8.32 Å². The van der Waals surface area contributed by atoms with Crippen molar-refractivity contribution >= 4 is 25.2 Å². The van der Waals surface area contributed by atoms with Crippen molar-refractivity contribution in [3.63, 3.8) is 0 Å². The van der Waals surface area contributed by atoms with Crippen molar-refractivity contribution in [1.29, 1.82) is 0 Å². The molecular weight excluding hydrogens is 404 g/mol. The Bertz CT molecular complexity index is 606. The average Bonchev–Trinajstić information content (AvgIpc) is 3.06. The Kier molecular flexibility index (Phi) is 8.58. The zero-order chi connectivity index (χ0) is 21.8. The first-order valence-electron chi connectivity index (χ1n) is 10.2. The van der Waals surface area contributed by atoms with Crippen LogP contribution in [0.15, 0.2) is 30.3 Å². The molecule has 0 aromatic carbocycles. The molecule has 0 bridgehead atoms. The minimum Gasteiger partial charge on any atom is -0.414 e. The van der Waals surface area contributed by atoms with Crippen LogP contribution in [0, 0.1) is 0 Å². The lowest BCUT2D eigenvalue weighted by Crippen LogP contribution is -2.59. The molecule has 0 radical (unpaired) electrons. The summed E-state index contributed by atoms with van der Waals surface area (Å²) in [4.78, 5) is 6.88. The summed E-state index contributed by atoms with van der Waals surface area (Å²) in [6, 6.07) is -0.128. The Labute approximate surface area is 181 Å². The second-order valence-electron chi connectivity index (χ2n) is 9.20. The molecule has 1 fully saturated rings. The fourth-order valence-corrected chi connectivity index (χ4v) is 5.17. The van der Waals surface area contributed by atoms with Crippen LogP contribution < -0.4 is 0 Å². The maximum Gasteiger partial charge on any atom is 0.192 e. The molecule has 29 heavy (non-hydrogen) atoms. The maximum absolute atomic E-state index is 6.49. The van der Waals surface area contributed by atoms with Crippen molar-refractivity contribution in [2.45, 2.75) is 68.7 Å². The number of rotatable bonds is 9. The maximum atomic E-state index is 6.49. The number of aliphatic imine (C=N–C) groups is 1. The Morgan fingerprint density at radius 3 is 2.24 bits per heavy atom. The van der Waals surface area contributed by atoms with E-state index in [4.69, 9.17) is 23.6 Å². The number of fused-ring (bicyclic) bond motifs is 1. The second kappa shape index (κ2) is 10.1. The zero-order valence-corrected chi connectivity index (χ0v) is 20.8. The number of amidine groups is 1. The lowest BCUT2D eigenvalue weighted by atomic mass is 9.98. The molecule has 5 atom stereocenters. The number of thioether (sulfide) groups is 1. The van der Waals surface area contributed by atoms with E-state index in [2.05, 4.69) is 47.0 Å². The third-order valence-corrected chi connectivity index (χ3v) is 11.5. The van der Waals surface area contributed by atoms with Crippen molar-refractivity contribution in [3.05, 3.63) is 25.3 Å². The quantitative estimate of drug-likeness (QED) is 0.399. The highest BCUT2D eigenvalue weighted by molar-refractivity contribution is 8.14. The summed E-state index contributed by atoms with van der Waals surface area (Å²) in [5.74, 6) is 0. The normalized spacial score (nSPS) is 29.9. The van der Waals surface area contributed by atoms with Gasteiger partial charge >= 0.3 is 0 Å². The zero-order valence-electron chi connectivity index (χ0n) is 19.0. The highest BCUT2D eigenvalue weighted by Gasteiger charge is 2.51. The molecule has 1 saturated heterocycles. The molecule has 0 aliphatic carbocycles. The molecule has 2 aliphatic heterocycles. The SMILES string of the molecule is C=CCO[C@@H]1[C@H]2N=C(N(C)C)S[C@H]2O[C@H](CO[Si](C)(C)C(C)(C)C)[C@H]1OCC=C. The third-order valence-electron chi connectivity index (χ3n) is 5.71. The largest absolute Gasteiger partial charge is 0.414 e. The Morgan fingerprint density at radius 1 is 1.14 bits per heavy atom. The summed E-state index contributed by atoms with van der Waals surface area (Å²) in [5, 5.41) is 1.07. The molecule has 8 heteroatoms. The van der Waals surface area contributed by atoms with Crippen molar-refractivity contribution in [2.75, 3.05) is 33.9 Å². The second-order valence-corrected chi connectivity index (χ2v) is 15.1. The standard InChI is InChI=1S/C21H38N2O4SSi/c1-10-12-24-17-15(14-26-29(8,9)21(3,4)5)27-19-16(18(17)25-13-11-2)22-20(28-19)23(6)7/h10-11,15-19H,1-2,12-14H2,3-9H3/t15-,16-,17-,18-,19-/m1/s1. The van der Waals surface area contributed by atoms with Gasteiger partial charge in [0.25, 0.3) is 0 Å². The first-order valence-corrected chi connectivity index (χ1v) is 14.0. The van der Waals surface area contributed by atoms with Crippen LogP contribution in [-0.4, -0.2) is 82.1 Å². The van der Waals surface area contributed by atoms with Crippen molar-refractivity contribution < 1.29 is 18.6 Å². The van der Waals surface area contributed by atoms with Gasteiger partial charge in [-0.1, -0.05) is 44.7 Å². The van der Waals surface area contributed by atoms with Gasteiger partial charge in [0.1, 0.15) is 29.8 Å². The van der Waals surface area contributed by atoms with Crippen molar-refractivity contribution in [1.82, 2.24) is 4.90 Å². The summed E-state index contributed by atoms with van der Waals surface area (Å²) in [6.07, 6.45) is 2.76. The van der Waals surface area contributed by atoms with Crippen molar-refractivity contribution in [3.8, 4) is 0 Å². The smallest absolute Gasteiger partial charge is 0.192 e. The van der Waals surface area contributed by atoms with E-state index >= 15 is 0 Å². The predicted octanol–water partition coefficient (Wildman–Crippen LogP) is 3.91. The molecule has 6 nitrogen and oxygen atoms in total. The van der Waals surface area contributed by atoms with E-state index in [0.717, 1.165) is 5.17 Å². The first-order chi connectivity index (χ1) is 13.5. The Hall–Kier alpha value is -0.643. The topological polar surface area (TPSA) is 52.5 Å². The highest BCUT2D eigenvalue weighted by Crippen LogP contribution is 2.41. The molecule has 0 aromatic rings. The fraction of sp³-hybridized carbons (Fsp3) is 0.762. The van der Waals surface area contributed by atoms with Gasteiger partial charge < -0.3 is 23.5 Å². The summed E-state index contributed by atoms with van der Waals surface area (Å²) in [5.41, 5.74) is -0.112. The minimum atomic E-state index is -1.92. The van der Waals surface area contributed by atoms with E-state index in [0.29, 0.717) is 19.8 Å². The molecule has 2 heterocycles. The number of hydrogen-bond acceptors (Lipinski definition) is 7. The van der Waals surface area contributed by atoms with Gasteiger partial charge in [-0.3, -0.25) is 4.99 Å². The van der Waals surface area contributed by atoms with Crippen LogP contribution >= 0.6 is 11.8 Å². The van der Waals surface area contributed by atoms with Gasteiger partial charge in [-0.2, -0.15) is 0 Å². The van der Waals surface area contributed by atoms with E-state index in [1.807, 2.05) is 19.0 Å². The highest BCUT2D eigenvalue weighted by atomic mass is 32.2. The third kappa shape index (κ3) is 5.95. The van der Waals surface area contributed by atoms with Crippen LogP contribution in [0.4, 0.5) is 0 Å². The lowest BCUT2D eigenvalue weighted by Gasteiger charge is -2.44. The molecule has 2 aliphatic rings. The van der Waals surface area contributed by atoms with Crippen molar-refractivity contribution in [2.24, 2.45) is 4.99 Å². The van der Waals surface area contributed by atoms with E-state index in [1.54, 1.807) is 23.9 Å². The van der Waals surface area contributed by atoms with Gasteiger partial charge in [0.15, 0.2) is 13.5 Å². The minimum absolute atomic E-state index is 0.112. The Morgan fingerprint density at radius 2 is 1.72 bits per heavy atom. The monoisotopic (exact) mass is 442 g/mol. The van der Waals surface area contributed by atoms with Crippen LogP contribution in [0.5, 0.6) is 0 Å².